The van der Waals surface area contributed by atoms with Gasteiger partial charge in [0, 0.05) is 10.0 Å². The van der Waals surface area contributed by atoms with Crippen LogP contribution in [0.15, 0.2) is 30.9 Å². The summed E-state index contributed by atoms with van der Waals surface area (Å²) in [4.78, 5) is 3.99. The minimum absolute atomic E-state index is 0.430. The average molecular weight is 379 g/mol. The highest BCUT2D eigenvalue weighted by atomic mass is 35.5. The summed E-state index contributed by atoms with van der Waals surface area (Å²) in [5.41, 5.74) is 0.0743. The van der Waals surface area contributed by atoms with E-state index in [1.54, 1.807) is 23.1 Å². The van der Waals surface area contributed by atoms with Gasteiger partial charge in [0.25, 0.3) is 0 Å². The third kappa shape index (κ3) is 5.45. The van der Waals surface area contributed by atoms with E-state index in [-0.39, 0.29) is 0 Å². The van der Waals surface area contributed by atoms with Gasteiger partial charge in [-0.3, -0.25) is 4.68 Å². The third-order valence-electron chi connectivity index (χ3n) is 4.52. The van der Waals surface area contributed by atoms with Crippen molar-refractivity contribution in [3.8, 4) is 6.07 Å². The van der Waals surface area contributed by atoms with Crippen LogP contribution in [0.2, 0.25) is 10.0 Å². The van der Waals surface area contributed by atoms with Crippen LogP contribution >= 0.6 is 23.2 Å². The Bertz CT molecular complexity index is 694. The molecule has 0 bridgehead atoms. The van der Waals surface area contributed by atoms with E-state index in [4.69, 9.17) is 23.2 Å². The zero-order valence-corrected chi connectivity index (χ0v) is 16.1. The Kier molecular flexibility index (Phi) is 7.74. The molecule has 1 atom stereocenters. The van der Waals surface area contributed by atoms with Gasteiger partial charge in [0.2, 0.25) is 0 Å². The number of nitrogens with zero attached hydrogens (tertiary/aromatic N) is 4. The van der Waals surface area contributed by atoms with Crippen LogP contribution in [-0.4, -0.2) is 14.8 Å². The van der Waals surface area contributed by atoms with E-state index in [0.29, 0.717) is 16.6 Å². The van der Waals surface area contributed by atoms with E-state index in [9.17, 15) is 5.26 Å². The molecule has 1 unspecified atom stereocenters. The van der Waals surface area contributed by atoms with Gasteiger partial charge < -0.3 is 0 Å². The van der Waals surface area contributed by atoms with Crippen LogP contribution in [0.25, 0.3) is 0 Å². The first-order valence-electron chi connectivity index (χ1n) is 8.80. The number of unbranched alkanes of at least 4 members (excludes halogenated alkanes) is 5. The molecule has 0 aliphatic heterocycles. The Labute approximate surface area is 159 Å². The predicted octanol–water partition coefficient (Wildman–Crippen LogP) is 5.80. The van der Waals surface area contributed by atoms with Gasteiger partial charge in [-0.05, 0) is 24.1 Å². The van der Waals surface area contributed by atoms with Crippen LogP contribution in [-0.2, 0) is 12.0 Å². The summed E-state index contributed by atoms with van der Waals surface area (Å²) in [5, 5.41) is 15.3. The summed E-state index contributed by atoms with van der Waals surface area (Å²) in [5.74, 6) is 0. The SMILES string of the molecule is CCCCCCCCC(C#N)(Cn1cncn1)c1ccc(Cl)cc1Cl. The molecule has 2 aromatic rings. The number of nitriles is 1. The predicted molar refractivity (Wildman–Crippen MR) is 102 cm³/mol. The van der Waals surface area contributed by atoms with Crippen LogP contribution in [0.5, 0.6) is 0 Å². The molecule has 1 aromatic carbocycles. The quantitative estimate of drug-likeness (QED) is 0.491. The van der Waals surface area contributed by atoms with Crippen LogP contribution in [0, 0.1) is 11.3 Å². The minimum atomic E-state index is -0.736. The third-order valence-corrected chi connectivity index (χ3v) is 5.06. The smallest absolute Gasteiger partial charge is 0.137 e. The number of hydrogen-bond acceptors (Lipinski definition) is 3. The van der Waals surface area contributed by atoms with Gasteiger partial charge in [-0.1, -0.05) is 74.7 Å². The lowest BCUT2D eigenvalue weighted by Crippen LogP contribution is -2.31. The second-order valence-corrected chi connectivity index (χ2v) is 7.27. The summed E-state index contributed by atoms with van der Waals surface area (Å²) in [6.45, 7) is 2.64. The van der Waals surface area contributed by atoms with Crippen molar-refractivity contribution in [2.75, 3.05) is 0 Å². The number of halogens is 2. The van der Waals surface area contributed by atoms with E-state index in [2.05, 4.69) is 23.1 Å². The fraction of sp³-hybridized carbons (Fsp3) is 0.526. The molecule has 0 radical (unpaired) electrons. The zero-order valence-electron chi connectivity index (χ0n) is 14.6. The van der Waals surface area contributed by atoms with Crippen molar-refractivity contribution in [2.24, 2.45) is 0 Å². The van der Waals surface area contributed by atoms with Gasteiger partial charge in [-0.15, -0.1) is 0 Å². The molecule has 6 heteroatoms. The average Bonchev–Trinajstić information content (AvgIpc) is 3.10. The van der Waals surface area contributed by atoms with Crippen LogP contribution in [0.1, 0.15) is 57.4 Å². The second kappa shape index (κ2) is 9.79. The normalized spacial score (nSPS) is 13.4. The van der Waals surface area contributed by atoms with Gasteiger partial charge >= 0.3 is 0 Å². The first-order chi connectivity index (χ1) is 12.1. The minimum Gasteiger partial charge on any atom is -0.251 e. The van der Waals surface area contributed by atoms with E-state index in [0.717, 1.165) is 24.8 Å². The molecule has 0 saturated heterocycles. The Hall–Kier alpha value is -1.57. The van der Waals surface area contributed by atoms with Gasteiger partial charge in [0.05, 0.1) is 12.6 Å². The molecule has 25 heavy (non-hydrogen) atoms. The van der Waals surface area contributed by atoms with Crippen molar-refractivity contribution in [3.05, 3.63) is 46.5 Å². The summed E-state index contributed by atoms with van der Waals surface area (Å²) in [7, 11) is 0. The molecule has 0 aliphatic rings. The Morgan fingerprint density at radius 2 is 1.92 bits per heavy atom. The van der Waals surface area contributed by atoms with Crippen molar-refractivity contribution in [3.63, 3.8) is 0 Å². The summed E-state index contributed by atoms with van der Waals surface area (Å²) >= 11 is 12.5. The highest BCUT2D eigenvalue weighted by Crippen LogP contribution is 2.37. The Morgan fingerprint density at radius 3 is 2.56 bits per heavy atom. The summed E-state index contributed by atoms with van der Waals surface area (Å²) in [6.07, 6.45) is 10.9. The number of rotatable bonds is 10. The lowest BCUT2D eigenvalue weighted by Gasteiger charge is -2.28. The molecular formula is C19H24Cl2N4. The fourth-order valence-corrected chi connectivity index (χ4v) is 3.72. The zero-order chi connectivity index (χ0) is 18.1. The summed E-state index contributed by atoms with van der Waals surface area (Å²) < 4.78 is 1.70. The molecule has 1 heterocycles. The van der Waals surface area contributed by atoms with Crippen LogP contribution < -0.4 is 0 Å². The number of aromatic nitrogens is 3. The monoisotopic (exact) mass is 378 g/mol. The number of benzene rings is 1. The van der Waals surface area contributed by atoms with Crippen LogP contribution in [0.3, 0.4) is 0 Å². The molecule has 2 rings (SSSR count). The molecule has 0 N–H and O–H groups in total. The second-order valence-electron chi connectivity index (χ2n) is 6.43. The topological polar surface area (TPSA) is 54.5 Å². The fourth-order valence-electron chi connectivity index (χ4n) is 3.13. The Morgan fingerprint density at radius 1 is 1.16 bits per heavy atom. The lowest BCUT2D eigenvalue weighted by molar-refractivity contribution is 0.384. The molecule has 1 aromatic heterocycles. The van der Waals surface area contributed by atoms with Crippen molar-refractivity contribution < 1.29 is 0 Å². The largest absolute Gasteiger partial charge is 0.251 e. The van der Waals surface area contributed by atoms with Crippen molar-refractivity contribution in [1.29, 1.82) is 5.26 Å². The highest BCUT2D eigenvalue weighted by Gasteiger charge is 2.35. The lowest BCUT2D eigenvalue weighted by atomic mass is 9.77. The van der Waals surface area contributed by atoms with E-state index >= 15 is 0 Å². The van der Waals surface area contributed by atoms with Crippen molar-refractivity contribution >= 4 is 23.2 Å². The maximum absolute atomic E-state index is 10.1. The molecule has 0 spiro atoms. The maximum atomic E-state index is 10.1. The van der Waals surface area contributed by atoms with Gasteiger partial charge in [-0.2, -0.15) is 10.4 Å². The maximum Gasteiger partial charge on any atom is 0.137 e. The molecule has 0 aliphatic carbocycles. The van der Waals surface area contributed by atoms with E-state index in [1.165, 1.54) is 32.0 Å². The van der Waals surface area contributed by atoms with Gasteiger partial charge in [0.1, 0.15) is 18.1 Å². The number of hydrogen-bond donors (Lipinski definition) is 0. The first kappa shape index (κ1) is 19.8. The van der Waals surface area contributed by atoms with Gasteiger partial charge in [-0.25, -0.2) is 4.98 Å². The molecular weight excluding hydrogens is 355 g/mol. The highest BCUT2D eigenvalue weighted by molar-refractivity contribution is 6.35. The molecule has 0 saturated carbocycles. The standard InChI is InChI=1S/C19H24Cl2N4/c1-2-3-4-5-6-7-10-19(12-22,13-25-15-23-14-24-25)17-9-8-16(20)11-18(17)21/h8-9,11,14-15H,2-7,10,13H2,1H3. The first-order valence-corrected chi connectivity index (χ1v) is 9.56. The van der Waals surface area contributed by atoms with Crippen molar-refractivity contribution in [2.45, 2.75) is 63.8 Å². The molecule has 0 fully saturated rings. The molecule has 0 amide bonds. The molecule has 4 nitrogen and oxygen atoms in total. The van der Waals surface area contributed by atoms with Crippen molar-refractivity contribution in [1.82, 2.24) is 14.8 Å². The Balaban J connectivity index is 2.19. The summed E-state index contributed by atoms with van der Waals surface area (Å²) in [6, 6.07) is 7.87. The van der Waals surface area contributed by atoms with Gasteiger partial charge in [0.15, 0.2) is 0 Å². The van der Waals surface area contributed by atoms with E-state index < -0.39 is 5.41 Å². The van der Waals surface area contributed by atoms with E-state index in [1.807, 2.05) is 6.07 Å². The molecule has 134 valence electrons. The van der Waals surface area contributed by atoms with Crippen LogP contribution in [0.4, 0.5) is 0 Å².